The van der Waals surface area contributed by atoms with Crippen molar-refractivity contribution in [1.82, 2.24) is 13.9 Å². The van der Waals surface area contributed by atoms with E-state index in [2.05, 4.69) is 9.98 Å². The van der Waals surface area contributed by atoms with Gasteiger partial charge >= 0.3 is 0 Å². The second-order valence-corrected chi connectivity index (χ2v) is 9.30. The highest BCUT2D eigenvalue weighted by molar-refractivity contribution is 7.89. The number of carbonyl (C=O) groups is 1. The Hall–Kier alpha value is -2.60. The SMILES string of the molecule is Cn1ccsc1=NC(=O)c1cc(=O)[nH]c2ccc(S(=O)(=O)N3CCOCC3)cc12. The third kappa shape index (κ3) is 3.81. The number of sulfonamides is 1. The number of nitrogens with one attached hydrogen (secondary N) is 1. The number of aryl methyl sites for hydroxylation is 1. The van der Waals surface area contributed by atoms with Crippen LogP contribution in [-0.2, 0) is 21.8 Å². The first kappa shape index (κ1) is 19.7. The summed E-state index contributed by atoms with van der Waals surface area (Å²) in [6, 6.07) is 5.47. The molecule has 1 fully saturated rings. The Labute approximate surface area is 169 Å². The summed E-state index contributed by atoms with van der Waals surface area (Å²) in [5.41, 5.74) is -0.0425. The summed E-state index contributed by atoms with van der Waals surface area (Å²) in [4.78, 5) is 32.0. The maximum atomic E-state index is 13.0. The molecule has 1 aliphatic heterocycles. The molecule has 11 heteroatoms. The molecule has 29 heavy (non-hydrogen) atoms. The fourth-order valence-electron chi connectivity index (χ4n) is 3.09. The Morgan fingerprint density at radius 2 is 2.00 bits per heavy atom. The number of thiazole rings is 1. The number of ether oxygens (including phenoxy) is 1. The topological polar surface area (TPSA) is 114 Å². The average molecular weight is 434 g/mol. The van der Waals surface area contributed by atoms with E-state index in [9.17, 15) is 18.0 Å². The Kier molecular flexibility index (Phi) is 5.21. The van der Waals surface area contributed by atoms with Crippen LogP contribution in [0.25, 0.3) is 10.9 Å². The van der Waals surface area contributed by atoms with E-state index in [4.69, 9.17) is 4.74 Å². The lowest BCUT2D eigenvalue weighted by Gasteiger charge is -2.26. The number of nitrogens with zero attached hydrogens (tertiary/aromatic N) is 3. The summed E-state index contributed by atoms with van der Waals surface area (Å²) in [5, 5.41) is 2.11. The quantitative estimate of drug-likeness (QED) is 0.652. The lowest BCUT2D eigenvalue weighted by Crippen LogP contribution is -2.40. The minimum Gasteiger partial charge on any atom is -0.379 e. The van der Waals surface area contributed by atoms with Crippen molar-refractivity contribution in [3.63, 3.8) is 0 Å². The molecule has 2 aromatic heterocycles. The molecule has 1 aliphatic rings. The number of H-pyrrole nitrogens is 1. The maximum absolute atomic E-state index is 13.0. The van der Waals surface area contributed by atoms with Crippen LogP contribution in [-0.4, -0.2) is 54.5 Å². The van der Waals surface area contributed by atoms with Crippen LogP contribution in [0.4, 0.5) is 0 Å². The molecule has 1 amide bonds. The van der Waals surface area contributed by atoms with Gasteiger partial charge < -0.3 is 14.3 Å². The van der Waals surface area contributed by atoms with Gasteiger partial charge in [0.15, 0.2) is 4.80 Å². The van der Waals surface area contributed by atoms with Gasteiger partial charge in [0, 0.05) is 48.7 Å². The molecule has 3 aromatic rings. The van der Waals surface area contributed by atoms with Crippen LogP contribution in [0.3, 0.4) is 0 Å². The molecule has 0 unspecified atom stereocenters. The second-order valence-electron chi connectivity index (χ2n) is 6.48. The number of hydrogen-bond donors (Lipinski definition) is 1. The molecule has 0 aliphatic carbocycles. The number of fused-ring (bicyclic) bond motifs is 1. The number of morpholine rings is 1. The first-order valence-electron chi connectivity index (χ1n) is 8.80. The van der Waals surface area contributed by atoms with E-state index in [1.54, 1.807) is 23.2 Å². The minimum atomic E-state index is -3.75. The Morgan fingerprint density at radius 1 is 1.24 bits per heavy atom. The van der Waals surface area contributed by atoms with Crippen molar-refractivity contribution < 1.29 is 17.9 Å². The fourth-order valence-corrected chi connectivity index (χ4v) is 5.25. The summed E-state index contributed by atoms with van der Waals surface area (Å²) >= 11 is 1.28. The average Bonchev–Trinajstić information content (AvgIpc) is 3.12. The van der Waals surface area contributed by atoms with Crippen molar-refractivity contribution in [2.24, 2.45) is 12.0 Å². The van der Waals surface area contributed by atoms with Gasteiger partial charge in [-0.2, -0.15) is 9.30 Å². The van der Waals surface area contributed by atoms with Gasteiger partial charge in [-0.1, -0.05) is 0 Å². The molecule has 0 atom stereocenters. The molecular formula is C18H18N4O5S2. The summed E-state index contributed by atoms with van der Waals surface area (Å²) in [5.74, 6) is -0.611. The van der Waals surface area contributed by atoms with E-state index in [1.807, 2.05) is 0 Å². The number of hydrogen-bond acceptors (Lipinski definition) is 6. The van der Waals surface area contributed by atoms with Gasteiger partial charge in [-0.25, -0.2) is 8.42 Å². The zero-order valence-electron chi connectivity index (χ0n) is 15.5. The first-order chi connectivity index (χ1) is 13.9. The van der Waals surface area contributed by atoms with Crippen molar-refractivity contribution in [2.75, 3.05) is 26.3 Å². The van der Waals surface area contributed by atoms with Crippen LogP contribution in [0.5, 0.6) is 0 Å². The van der Waals surface area contributed by atoms with Crippen molar-refractivity contribution in [3.05, 3.63) is 56.6 Å². The second kappa shape index (κ2) is 7.67. The number of pyridine rings is 1. The Morgan fingerprint density at radius 3 is 2.69 bits per heavy atom. The zero-order valence-corrected chi connectivity index (χ0v) is 17.1. The number of benzene rings is 1. The molecule has 1 aromatic carbocycles. The molecule has 3 heterocycles. The summed E-state index contributed by atoms with van der Waals surface area (Å²) < 4.78 is 34.2. The minimum absolute atomic E-state index is 0.0506. The van der Waals surface area contributed by atoms with Crippen LogP contribution in [0.1, 0.15) is 10.4 Å². The van der Waals surface area contributed by atoms with Gasteiger partial charge in [0.1, 0.15) is 0 Å². The molecular weight excluding hydrogens is 416 g/mol. The van der Waals surface area contributed by atoms with Gasteiger partial charge in [-0.15, -0.1) is 11.3 Å². The van der Waals surface area contributed by atoms with Gasteiger partial charge in [0.25, 0.3) is 5.91 Å². The third-order valence-electron chi connectivity index (χ3n) is 4.61. The first-order valence-corrected chi connectivity index (χ1v) is 11.1. The lowest BCUT2D eigenvalue weighted by molar-refractivity contribution is 0.0730. The summed E-state index contributed by atoms with van der Waals surface area (Å²) in [6.07, 6.45) is 1.76. The number of aromatic nitrogens is 2. The van der Waals surface area contributed by atoms with Crippen molar-refractivity contribution in [1.29, 1.82) is 0 Å². The van der Waals surface area contributed by atoms with E-state index in [-0.39, 0.29) is 23.5 Å². The highest BCUT2D eigenvalue weighted by Crippen LogP contribution is 2.23. The molecule has 0 bridgehead atoms. The van der Waals surface area contributed by atoms with Crippen LogP contribution >= 0.6 is 11.3 Å². The molecule has 152 valence electrons. The molecule has 0 saturated carbocycles. The largest absolute Gasteiger partial charge is 0.379 e. The zero-order chi connectivity index (χ0) is 20.6. The van der Waals surface area contributed by atoms with Crippen LogP contribution in [0.15, 0.2) is 50.5 Å². The predicted octanol–water partition coefficient (Wildman–Crippen LogP) is 0.690. The maximum Gasteiger partial charge on any atom is 0.280 e. The molecule has 1 saturated heterocycles. The predicted molar refractivity (Wildman–Crippen MR) is 107 cm³/mol. The van der Waals surface area contributed by atoms with E-state index < -0.39 is 21.5 Å². The standard InChI is InChI=1S/C18H18N4O5S2/c1-21-6-9-28-18(21)20-17(24)14-11-16(23)19-15-3-2-12(10-13(14)15)29(25,26)22-4-7-27-8-5-22/h2-3,6,9-11H,4-5,7-8H2,1H3,(H,19,23). The number of amides is 1. The van der Waals surface area contributed by atoms with Crippen LogP contribution in [0, 0.1) is 0 Å². The normalized spacial score (nSPS) is 16.4. The van der Waals surface area contributed by atoms with Gasteiger partial charge in [-0.3, -0.25) is 9.59 Å². The van der Waals surface area contributed by atoms with E-state index in [0.29, 0.717) is 28.9 Å². The number of aromatic amines is 1. The molecule has 4 rings (SSSR count). The van der Waals surface area contributed by atoms with Crippen molar-refractivity contribution in [3.8, 4) is 0 Å². The van der Waals surface area contributed by atoms with Crippen LogP contribution in [0.2, 0.25) is 0 Å². The smallest absolute Gasteiger partial charge is 0.280 e. The molecule has 1 N–H and O–H groups in total. The van der Waals surface area contributed by atoms with E-state index in [0.717, 1.165) is 6.07 Å². The molecule has 9 nitrogen and oxygen atoms in total. The third-order valence-corrected chi connectivity index (χ3v) is 7.35. The Bertz CT molecular complexity index is 1310. The summed E-state index contributed by atoms with van der Waals surface area (Å²) in [6.45, 7) is 1.20. The van der Waals surface area contributed by atoms with E-state index in [1.165, 1.54) is 33.8 Å². The van der Waals surface area contributed by atoms with Gasteiger partial charge in [-0.05, 0) is 18.2 Å². The van der Waals surface area contributed by atoms with Gasteiger partial charge in [0.2, 0.25) is 15.6 Å². The monoisotopic (exact) mass is 434 g/mol. The molecule has 0 spiro atoms. The number of rotatable bonds is 3. The van der Waals surface area contributed by atoms with Crippen molar-refractivity contribution in [2.45, 2.75) is 4.90 Å². The van der Waals surface area contributed by atoms with Crippen molar-refractivity contribution >= 4 is 38.2 Å². The van der Waals surface area contributed by atoms with Crippen LogP contribution < -0.4 is 10.4 Å². The molecule has 0 radical (unpaired) electrons. The van der Waals surface area contributed by atoms with Gasteiger partial charge in [0.05, 0.1) is 23.7 Å². The lowest BCUT2D eigenvalue weighted by atomic mass is 10.1. The highest BCUT2D eigenvalue weighted by atomic mass is 32.2. The number of carbonyl (C=O) groups excluding carboxylic acids is 1. The Balaban J connectivity index is 1.85. The fraction of sp³-hybridized carbons (Fsp3) is 0.278. The van der Waals surface area contributed by atoms with E-state index >= 15 is 0 Å². The summed E-state index contributed by atoms with van der Waals surface area (Å²) in [7, 11) is -1.99. The highest BCUT2D eigenvalue weighted by Gasteiger charge is 2.27.